The average molecular weight is 285 g/mol. The molecule has 0 radical (unpaired) electrons. The number of para-hydroxylation sites is 1. The summed E-state index contributed by atoms with van der Waals surface area (Å²) in [6.45, 7) is 0. The molecule has 1 aromatic heterocycles. The summed E-state index contributed by atoms with van der Waals surface area (Å²) < 4.78 is 5.19. The fourth-order valence-electron chi connectivity index (χ4n) is 2.60. The summed E-state index contributed by atoms with van der Waals surface area (Å²) >= 11 is 0. The maximum Gasteiger partial charge on any atom is 0.214 e. The van der Waals surface area contributed by atoms with Crippen LogP contribution in [0.1, 0.15) is 17.9 Å². The lowest BCUT2D eigenvalue weighted by molar-refractivity contribution is -0.149. The van der Waals surface area contributed by atoms with Crippen molar-refractivity contribution in [2.45, 2.75) is 12.3 Å². The Hall–Kier alpha value is -2.76. The van der Waals surface area contributed by atoms with Gasteiger partial charge in [-0.1, -0.05) is 12.1 Å². The molecule has 1 aliphatic carbocycles. The van der Waals surface area contributed by atoms with Gasteiger partial charge in [0.15, 0.2) is 0 Å². The first-order chi connectivity index (χ1) is 10.0. The summed E-state index contributed by atoms with van der Waals surface area (Å²) in [7, 11) is 1.50. The van der Waals surface area contributed by atoms with Crippen LogP contribution in [0.2, 0.25) is 0 Å². The van der Waals surface area contributed by atoms with Crippen LogP contribution in [0.5, 0.6) is 5.75 Å². The van der Waals surface area contributed by atoms with Gasteiger partial charge in [0.2, 0.25) is 23.1 Å². The second-order valence-electron chi connectivity index (χ2n) is 4.81. The number of carbonyl (C=O) groups is 4. The van der Waals surface area contributed by atoms with Gasteiger partial charge in [0.1, 0.15) is 11.7 Å². The van der Waals surface area contributed by atoms with E-state index in [-0.39, 0.29) is 0 Å². The number of benzene rings is 1. The van der Waals surface area contributed by atoms with Crippen molar-refractivity contribution in [1.29, 1.82) is 0 Å². The molecule has 1 aliphatic rings. The zero-order valence-electron chi connectivity index (χ0n) is 11.1. The van der Waals surface area contributed by atoms with Crippen molar-refractivity contribution in [3.05, 3.63) is 30.0 Å². The molecule has 0 aliphatic heterocycles. The van der Waals surface area contributed by atoms with Crippen molar-refractivity contribution in [1.82, 2.24) is 4.98 Å². The van der Waals surface area contributed by atoms with Gasteiger partial charge in [-0.3, -0.25) is 19.2 Å². The first-order valence-electron chi connectivity index (χ1n) is 6.32. The first kappa shape index (κ1) is 13.2. The molecule has 1 saturated carbocycles. The summed E-state index contributed by atoms with van der Waals surface area (Å²) in [5.41, 5.74) is 0.946. The lowest BCUT2D eigenvalue weighted by Crippen LogP contribution is -2.40. The van der Waals surface area contributed by atoms with E-state index in [9.17, 15) is 19.2 Å². The number of fused-ring (bicyclic) bond motifs is 1. The number of hydrogen-bond acceptors (Lipinski definition) is 5. The number of nitrogens with one attached hydrogen (secondary N) is 1. The number of carbonyl (C=O) groups excluding carboxylic acids is 4. The van der Waals surface area contributed by atoms with Crippen LogP contribution < -0.4 is 4.74 Å². The zero-order chi connectivity index (χ0) is 15.1. The summed E-state index contributed by atoms with van der Waals surface area (Å²) in [5, 5.41) is 0.587. The van der Waals surface area contributed by atoms with Crippen LogP contribution >= 0.6 is 0 Å². The highest BCUT2D eigenvalue weighted by atomic mass is 16.5. The molecule has 106 valence electrons. The van der Waals surface area contributed by atoms with Crippen molar-refractivity contribution >= 4 is 34.0 Å². The Balaban J connectivity index is 2.19. The Kier molecular flexibility index (Phi) is 2.94. The minimum atomic E-state index is -1.35. The van der Waals surface area contributed by atoms with Gasteiger partial charge in [-0.2, -0.15) is 0 Å². The normalized spacial score (nSPS) is 16.8. The number of aromatic nitrogens is 1. The fourth-order valence-corrected chi connectivity index (χ4v) is 2.60. The Bertz CT molecular complexity index is 775. The monoisotopic (exact) mass is 285 g/mol. The highest BCUT2D eigenvalue weighted by Crippen LogP contribution is 2.33. The van der Waals surface area contributed by atoms with Crippen molar-refractivity contribution in [2.75, 3.05) is 7.11 Å². The lowest BCUT2D eigenvalue weighted by Gasteiger charge is -2.17. The maximum absolute atomic E-state index is 12.0. The number of methoxy groups -OCH3 is 1. The molecule has 1 heterocycles. The van der Waals surface area contributed by atoms with E-state index >= 15 is 0 Å². The second kappa shape index (κ2) is 4.66. The van der Waals surface area contributed by atoms with E-state index in [4.69, 9.17) is 4.74 Å². The van der Waals surface area contributed by atoms with E-state index in [0.717, 1.165) is 0 Å². The van der Waals surface area contributed by atoms with Gasteiger partial charge < -0.3 is 9.72 Å². The molecule has 1 N–H and O–H groups in total. The number of hydrogen-bond donors (Lipinski definition) is 1. The third kappa shape index (κ3) is 1.87. The fraction of sp³-hybridized carbons (Fsp3) is 0.200. The molecule has 21 heavy (non-hydrogen) atoms. The Morgan fingerprint density at radius 2 is 1.76 bits per heavy atom. The molecule has 3 rings (SSSR count). The van der Waals surface area contributed by atoms with Crippen LogP contribution in [0, 0.1) is 0 Å². The smallest absolute Gasteiger partial charge is 0.214 e. The van der Waals surface area contributed by atoms with Crippen LogP contribution in [-0.4, -0.2) is 35.2 Å². The Morgan fingerprint density at radius 3 is 2.38 bits per heavy atom. The molecular weight excluding hydrogens is 274 g/mol. The molecule has 0 saturated heterocycles. The molecule has 0 amide bonds. The Morgan fingerprint density at radius 1 is 1.10 bits per heavy atom. The molecule has 6 nitrogen and oxygen atoms in total. The molecular formula is C15H11NO5. The molecule has 0 bridgehead atoms. The second-order valence-corrected chi connectivity index (χ2v) is 4.81. The number of Topliss-reactive ketones (excluding diaryl/α,β-unsaturated/α-hetero) is 4. The number of H-pyrrole nitrogens is 1. The van der Waals surface area contributed by atoms with Gasteiger partial charge in [0.05, 0.1) is 19.0 Å². The van der Waals surface area contributed by atoms with Crippen molar-refractivity contribution in [3.8, 4) is 5.75 Å². The van der Waals surface area contributed by atoms with E-state index in [1.165, 1.54) is 13.3 Å². The van der Waals surface area contributed by atoms with E-state index in [2.05, 4.69) is 4.98 Å². The topological polar surface area (TPSA) is 93.3 Å². The van der Waals surface area contributed by atoms with Crippen molar-refractivity contribution < 1.29 is 23.9 Å². The highest BCUT2D eigenvalue weighted by molar-refractivity contribution is 6.61. The standard InChI is InChI=1S/C15H11NO5/c1-21-11-4-2-3-7-8(6-16-13(7)11)12-14(19)9(17)5-10(18)15(12)20/h2-4,6,12,16H,5H2,1H3. The van der Waals surface area contributed by atoms with Crippen LogP contribution in [0.15, 0.2) is 24.4 Å². The van der Waals surface area contributed by atoms with Gasteiger partial charge in [0.25, 0.3) is 0 Å². The average Bonchev–Trinajstić information content (AvgIpc) is 2.89. The van der Waals surface area contributed by atoms with E-state index in [0.29, 0.717) is 22.2 Å². The third-order valence-electron chi connectivity index (χ3n) is 3.64. The number of ether oxygens (including phenoxy) is 1. The van der Waals surface area contributed by atoms with Crippen molar-refractivity contribution in [3.63, 3.8) is 0 Å². The minimum absolute atomic E-state index is 0.334. The lowest BCUT2D eigenvalue weighted by atomic mass is 9.80. The highest BCUT2D eigenvalue weighted by Gasteiger charge is 2.43. The maximum atomic E-state index is 12.0. The molecule has 2 aromatic rings. The molecule has 1 fully saturated rings. The number of aromatic amines is 1. The summed E-state index contributed by atoms with van der Waals surface area (Å²) in [4.78, 5) is 50.1. The largest absolute Gasteiger partial charge is 0.495 e. The Labute approximate surface area is 119 Å². The first-order valence-corrected chi connectivity index (χ1v) is 6.32. The van der Waals surface area contributed by atoms with E-state index < -0.39 is 35.5 Å². The number of ketones is 4. The molecule has 0 spiro atoms. The van der Waals surface area contributed by atoms with Crippen molar-refractivity contribution in [2.24, 2.45) is 0 Å². The molecule has 1 aromatic carbocycles. The third-order valence-corrected chi connectivity index (χ3v) is 3.64. The van der Waals surface area contributed by atoms with Crippen LogP contribution in [-0.2, 0) is 19.2 Å². The van der Waals surface area contributed by atoms with Gasteiger partial charge in [-0.05, 0) is 11.6 Å². The SMILES string of the molecule is COc1cccc2c(C3C(=O)C(=O)CC(=O)C3=O)c[nH]c12. The summed E-state index contributed by atoms with van der Waals surface area (Å²) in [6.07, 6.45) is 0.847. The van der Waals surface area contributed by atoms with Crippen LogP contribution in [0.3, 0.4) is 0 Å². The number of rotatable bonds is 2. The van der Waals surface area contributed by atoms with Gasteiger partial charge in [-0.25, -0.2) is 0 Å². The summed E-state index contributed by atoms with van der Waals surface area (Å²) in [6, 6.07) is 5.14. The minimum Gasteiger partial charge on any atom is -0.495 e. The van der Waals surface area contributed by atoms with Crippen LogP contribution in [0.25, 0.3) is 10.9 Å². The predicted molar refractivity (Wildman–Crippen MR) is 72.2 cm³/mol. The van der Waals surface area contributed by atoms with Gasteiger partial charge >= 0.3 is 0 Å². The van der Waals surface area contributed by atoms with Gasteiger partial charge in [-0.15, -0.1) is 0 Å². The molecule has 0 atom stereocenters. The van der Waals surface area contributed by atoms with Crippen LogP contribution in [0.4, 0.5) is 0 Å². The van der Waals surface area contributed by atoms with Gasteiger partial charge in [0, 0.05) is 11.6 Å². The van der Waals surface area contributed by atoms with E-state index in [1.54, 1.807) is 18.2 Å². The predicted octanol–water partition coefficient (Wildman–Crippen LogP) is 0.940. The van der Waals surface area contributed by atoms with E-state index in [1.807, 2.05) is 0 Å². The summed E-state index contributed by atoms with van der Waals surface area (Å²) in [5.74, 6) is -4.10. The molecule has 6 heteroatoms. The zero-order valence-corrected chi connectivity index (χ0v) is 11.1. The molecule has 0 unspecified atom stereocenters. The quantitative estimate of drug-likeness (QED) is 0.654.